The van der Waals surface area contributed by atoms with Gasteiger partial charge < -0.3 is 15.8 Å². The van der Waals surface area contributed by atoms with Crippen LogP contribution in [0.4, 0.5) is 5.82 Å². The van der Waals surface area contributed by atoms with E-state index in [0.717, 1.165) is 16.7 Å². The zero-order valence-electron chi connectivity index (χ0n) is 16.3. The van der Waals surface area contributed by atoms with Gasteiger partial charge in [-0.3, -0.25) is 9.48 Å². The van der Waals surface area contributed by atoms with E-state index in [-0.39, 0.29) is 11.7 Å². The van der Waals surface area contributed by atoms with Crippen LogP contribution in [0.25, 0.3) is 11.1 Å². The number of ether oxygens (including phenoxy) is 1. The van der Waals surface area contributed by atoms with E-state index in [2.05, 4.69) is 15.4 Å². The molecule has 0 saturated heterocycles. The molecule has 0 spiro atoms. The molecule has 3 N–H and O–H groups in total. The van der Waals surface area contributed by atoms with Gasteiger partial charge in [0.1, 0.15) is 5.82 Å². The molecule has 0 aliphatic carbocycles. The second kappa shape index (κ2) is 8.22. The van der Waals surface area contributed by atoms with E-state index in [9.17, 15) is 4.79 Å². The van der Waals surface area contributed by atoms with E-state index in [1.807, 2.05) is 57.4 Å². The van der Waals surface area contributed by atoms with Crippen LogP contribution in [0.3, 0.4) is 0 Å². The fraction of sp³-hybridized carbons (Fsp3) is 0.286. The first kappa shape index (κ1) is 19.6. The Hall–Kier alpha value is -3.19. The fourth-order valence-corrected chi connectivity index (χ4v) is 2.79. The van der Waals surface area contributed by atoms with Gasteiger partial charge >= 0.3 is 0 Å². The molecule has 1 amide bonds. The first-order valence-corrected chi connectivity index (χ1v) is 9.03. The van der Waals surface area contributed by atoms with Gasteiger partial charge in [0.2, 0.25) is 0 Å². The van der Waals surface area contributed by atoms with Crippen LogP contribution >= 0.6 is 0 Å². The van der Waals surface area contributed by atoms with Gasteiger partial charge in [0.05, 0.1) is 30.5 Å². The van der Waals surface area contributed by atoms with Crippen LogP contribution < -0.4 is 11.1 Å². The number of nitrogens with one attached hydrogen (secondary N) is 1. The number of pyridine rings is 1. The maximum Gasteiger partial charge on any atom is 0.255 e. The number of carbonyl (C=O) groups is 1. The molecule has 2 aromatic heterocycles. The van der Waals surface area contributed by atoms with Crippen LogP contribution in [0.1, 0.15) is 29.8 Å². The van der Waals surface area contributed by atoms with E-state index in [4.69, 9.17) is 10.5 Å². The predicted molar refractivity (Wildman–Crippen MR) is 108 cm³/mol. The lowest BCUT2D eigenvalue weighted by Crippen LogP contribution is -2.47. The molecule has 0 unspecified atom stereocenters. The standard InChI is InChI=1S/C21H25N5O2/c1-21(2,14-28-13-15-7-5-4-6-8-15)25-20(27)18-9-16(10-23-19(18)22)17-11-24-26(3)12-17/h4-12H,13-14H2,1-3H3,(H2,22,23)(H,25,27). The van der Waals surface area contributed by atoms with Gasteiger partial charge in [-0.25, -0.2) is 4.98 Å². The van der Waals surface area contributed by atoms with Crippen LogP contribution in [0, 0.1) is 0 Å². The summed E-state index contributed by atoms with van der Waals surface area (Å²) in [6.07, 6.45) is 5.21. The summed E-state index contributed by atoms with van der Waals surface area (Å²) in [6.45, 7) is 4.67. The molecular formula is C21H25N5O2. The highest BCUT2D eigenvalue weighted by Crippen LogP contribution is 2.22. The van der Waals surface area contributed by atoms with Gasteiger partial charge in [-0.1, -0.05) is 30.3 Å². The number of carbonyl (C=O) groups excluding carboxylic acids is 1. The van der Waals surface area contributed by atoms with E-state index in [0.29, 0.717) is 18.8 Å². The summed E-state index contributed by atoms with van der Waals surface area (Å²) in [7, 11) is 1.83. The number of aryl methyl sites for hydroxylation is 1. The van der Waals surface area contributed by atoms with Crippen molar-refractivity contribution in [2.75, 3.05) is 12.3 Å². The predicted octanol–water partition coefficient (Wildman–Crippen LogP) is 2.79. The molecule has 0 atom stereocenters. The van der Waals surface area contributed by atoms with Gasteiger partial charge in [-0.2, -0.15) is 5.10 Å². The third-order valence-corrected chi connectivity index (χ3v) is 4.23. The minimum absolute atomic E-state index is 0.186. The number of aromatic nitrogens is 3. The first-order valence-electron chi connectivity index (χ1n) is 9.03. The Kier molecular flexibility index (Phi) is 5.75. The third kappa shape index (κ3) is 4.95. The summed E-state index contributed by atoms with van der Waals surface area (Å²) in [4.78, 5) is 17.0. The number of hydrogen-bond donors (Lipinski definition) is 2. The Morgan fingerprint density at radius 3 is 2.64 bits per heavy atom. The molecule has 1 aromatic carbocycles. The number of nitrogens with two attached hydrogens (primary N) is 1. The summed E-state index contributed by atoms with van der Waals surface area (Å²) < 4.78 is 7.47. The number of hydrogen-bond acceptors (Lipinski definition) is 5. The highest BCUT2D eigenvalue weighted by Gasteiger charge is 2.23. The molecule has 0 aliphatic rings. The number of rotatable bonds is 7. The highest BCUT2D eigenvalue weighted by molar-refractivity contribution is 5.99. The molecule has 0 fully saturated rings. The lowest BCUT2D eigenvalue weighted by molar-refractivity contribution is 0.0617. The first-order chi connectivity index (χ1) is 13.3. The molecule has 0 bridgehead atoms. The molecule has 3 rings (SSSR count). The smallest absolute Gasteiger partial charge is 0.255 e. The van der Waals surface area contributed by atoms with Crippen LogP contribution in [-0.2, 0) is 18.4 Å². The molecule has 7 nitrogen and oxygen atoms in total. The fourth-order valence-electron chi connectivity index (χ4n) is 2.79. The molecule has 0 saturated carbocycles. The molecule has 7 heteroatoms. The largest absolute Gasteiger partial charge is 0.383 e. The van der Waals surface area contributed by atoms with Crippen molar-refractivity contribution in [3.63, 3.8) is 0 Å². The summed E-state index contributed by atoms with van der Waals surface area (Å²) in [5.74, 6) is -0.102. The van der Waals surface area contributed by atoms with Gasteiger partial charge in [0, 0.05) is 30.6 Å². The van der Waals surface area contributed by atoms with E-state index < -0.39 is 5.54 Å². The maximum absolute atomic E-state index is 12.8. The minimum atomic E-state index is -0.567. The van der Waals surface area contributed by atoms with Crippen molar-refractivity contribution >= 4 is 11.7 Å². The van der Waals surface area contributed by atoms with Gasteiger partial charge in [-0.05, 0) is 25.5 Å². The second-order valence-electron chi connectivity index (χ2n) is 7.38. The van der Waals surface area contributed by atoms with Crippen molar-refractivity contribution in [2.45, 2.75) is 26.0 Å². The molecule has 0 aliphatic heterocycles. The van der Waals surface area contributed by atoms with E-state index >= 15 is 0 Å². The summed E-state index contributed by atoms with van der Waals surface area (Å²) >= 11 is 0. The average molecular weight is 379 g/mol. The van der Waals surface area contributed by atoms with E-state index in [1.165, 1.54) is 0 Å². The molecule has 0 radical (unpaired) electrons. The Morgan fingerprint density at radius 1 is 1.21 bits per heavy atom. The number of nitrogen functional groups attached to an aromatic ring is 1. The zero-order chi connectivity index (χ0) is 20.1. The maximum atomic E-state index is 12.8. The monoisotopic (exact) mass is 379 g/mol. The Labute approximate surface area is 164 Å². The summed E-state index contributed by atoms with van der Waals surface area (Å²) in [5.41, 5.74) is 8.45. The van der Waals surface area contributed by atoms with Crippen molar-refractivity contribution in [3.8, 4) is 11.1 Å². The van der Waals surface area contributed by atoms with Crippen LogP contribution in [-0.4, -0.2) is 32.8 Å². The van der Waals surface area contributed by atoms with E-state index in [1.54, 1.807) is 23.1 Å². The molecule has 146 valence electrons. The summed E-state index contributed by atoms with van der Waals surface area (Å²) in [6, 6.07) is 11.6. The topological polar surface area (TPSA) is 95.1 Å². The van der Waals surface area contributed by atoms with Crippen molar-refractivity contribution in [2.24, 2.45) is 7.05 Å². The Bertz CT molecular complexity index is 950. The van der Waals surface area contributed by atoms with Gasteiger partial charge in [0.15, 0.2) is 0 Å². The summed E-state index contributed by atoms with van der Waals surface area (Å²) in [5, 5.41) is 7.13. The minimum Gasteiger partial charge on any atom is -0.383 e. The van der Waals surface area contributed by atoms with Crippen molar-refractivity contribution in [1.82, 2.24) is 20.1 Å². The number of anilines is 1. The number of amides is 1. The number of benzene rings is 1. The average Bonchev–Trinajstić information content (AvgIpc) is 3.08. The lowest BCUT2D eigenvalue weighted by Gasteiger charge is -2.26. The molecular weight excluding hydrogens is 354 g/mol. The molecule has 28 heavy (non-hydrogen) atoms. The molecule has 2 heterocycles. The zero-order valence-corrected chi connectivity index (χ0v) is 16.3. The Balaban J connectivity index is 1.65. The molecule has 3 aromatic rings. The Morgan fingerprint density at radius 2 is 1.96 bits per heavy atom. The van der Waals surface area contributed by atoms with Crippen molar-refractivity contribution in [3.05, 3.63) is 66.1 Å². The van der Waals surface area contributed by atoms with Crippen LogP contribution in [0.15, 0.2) is 55.0 Å². The normalized spacial score (nSPS) is 11.4. The van der Waals surface area contributed by atoms with Gasteiger partial charge in [-0.15, -0.1) is 0 Å². The van der Waals surface area contributed by atoms with Crippen LogP contribution in [0.2, 0.25) is 0 Å². The van der Waals surface area contributed by atoms with Crippen molar-refractivity contribution < 1.29 is 9.53 Å². The highest BCUT2D eigenvalue weighted by atomic mass is 16.5. The second-order valence-corrected chi connectivity index (χ2v) is 7.38. The quantitative estimate of drug-likeness (QED) is 0.658. The van der Waals surface area contributed by atoms with Crippen LogP contribution in [0.5, 0.6) is 0 Å². The third-order valence-electron chi connectivity index (χ3n) is 4.23. The lowest BCUT2D eigenvalue weighted by atomic mass is 10.0. The number of nitrogens with zero attached hydrogens (tertiary/aromatic N) is 3. The van der Waals surface area contributed by atoms with Gasteiger partial charge in [0.25, 0.3) is 5.91 Å². The SMILES string of the molecule is Cn1cc(-c2cnc(N)c(C(=O)NC(C)(C)COCc3ccccc3)c2)cn1. The van der Waals surface area contributed by atoms with Crippen molar-refractivity contribution in [1.29, 1.82) is 0 Å².